The molecule has 4 nitrogen and oxygen atoms in total. The lowest BCUT2D eigenvalue weighted by Crippen LogP contribution is -2.72. The number of hydrogen-bond acceptors (Lipinski definition) is 4. The van der Waals surface area contributed by atoms with Gasteiger partial charge in [-0.05, 0) is 45.7 Å². The van der Waals surface area contributed by atoms with Gasteiger partial charge in [-0.2, -0.15) is 0 Å². The molecule has 0 aromatic heterocycles. The molecule has 0 spiro atoms. The van der Waals surface area contributed by atoms with Gasteiger partial charge in [-0.3, -0.25) is 9.80 Å². The van der Waals surface area contributed by atoms with Crippen LogP contribution in [0.1, 0.15) is 26.7 Å². The van der Waals surface area contributed by atoms with Gasteiger partial charge >= 0.3 is 0 Å². The molecule has 19 heavy (non-hydrogen) atoms. The van der Waals surface area contributed by atoms with E-state index in [0.29, 0.717) is 11.6 Å². The Labute approximate surface area is 117 Å². The third-order valence-electron chi connectivity index (χ3n) is 5.87. The number of piperidine rings is 3. The molecule has 2 N–H and O–H groups in total. The Kier molecular flexibility index (Phi) is 3.87. The van der Waals surface area contributed by atoms with Crippen LogP contribution in [-0.2, 0) is 0 Å². The van der Waals surface area contributed by atoms with E-state index in [9.17, 15) is 0 Å². The van der Waals surface area contributed by atoms with Gasteiger partial charge in [0, 0.05) is 50.8 Å². The summed E-state index contributed by atoms with van der Waals surface area (Å²) in [5.41, 5.74) is 6.56. The van der Waals surface area contributed by atoms with Gasteiger partial charge in [-0.15, -0.1) is 0 Å². The van der Waals surface area contributed by atoms with Crippen LogP contribution in [0.15, 0.2) is 0 Å². The number of piperazine rings is 1. The molecule has 4 aliphatic heterocycles. The van der Waals surface area contributed by atoms with Crippen molar-refractivity contribution in [2.45, 2.75) is 38.3 Å². The first-order valence-electron chi connectivity index (χ1n) is 8.07. The van der Waals surface area contributed by atoms with Crippen LogP contribution in [0.25, 0.3) is 0 Å². The summed E-state index contributed by atoms with van der Waals surface area (Å²) < 4.78 is 0. The molecule has 0 saturated carbocycles. The molecule has 0 aromatic rings. The van der Waals surface area contributed by atoms with Gasteiger partial charge in [-0.25, -0.2) is 0 Å². The molecule has 4 saturated heterocycles. The summed E-state index contributed by atoms with van der Waals surface area (Å²) >= 11 is 0. The summed E-state index contributed by atoms with van der Waals surface area (Å²) in [5.74, 6) is 0.841. The average molecular weight is 266 g/mol. The highest BCUT2D eigenvalue weighted by Gasteiger charge is 2.49. The van der Waals surface area contributed by atoms with Crippen molar-refractivity contribution in [2.75, 3.05) is 52.4 Å². The zero-order chi connectivity index (χ0) is 13.5. The van der Waals surface area contributed by atoms with Gasteiger partial charge < -0.3 is 10.6 Å². The summed E-state index contributed by atoms with van der Waals surface area (Å²) in [7, 11) is 0. The van der Waals surface area contributed by atoms with Gasteiger partial charge in [-0.1, -0.05) is 0 Å². The van der Waals surface area contributed by atoms with Crippen LogP contribution in [0.3, 0.4) is 0 Å². The second-order valence-corrected chi connectivity index (χ2v) is 6.97. The first-order valence-corrected chi connectivity index (χ1v) is 8.07. The zero-order valence-electron chi connectivity index (χ0n) is 12.6. The number of nitrogens with two attached hydrogens (primary N) is 1. The van der Waals surface area contributed by atoms with Crippen molar-refractivity contribution >= 4 is 0 Å². The van der Waals surface area contributed by atoms with Gasteiger partial charge in [0.15, 0.2) is 0 Å². The molecule has 0 radical (unpaired) electrons. The molecular formula is C15H30N4. The lowest BCUT2D eigenvalue weighted by molar-refractivity contribution is -0.0845. The van der Waals surface area contributed by atoms with E-state index in [1.54, 1.807) is 0 Å². The highest BCUT2D eigenvalue weighted by Crippen LogP contribution is 2.39. The third-order valence-corrected chi connectivity index (χ3v) is 5.87. The summed E-state index contributed by atoms with van der Waals surface area (Å²) in [5, 5.41) is 0. The lowest BCUT2D eigenvalue weighted by Gasteiger charge is -2.59. The van der Waals surface area contributed by atoms with Crippen LogP contribution < -0.4 is 5.73 Å². The second-order valence-electron chi connectivity index (χ2n) is 6.97. The van der Waals surface area contributed by atoms with E-state index in [4.69, 9.17) is 5.73 Å². The quantitative estimate of drug-likeness (QED) is 0.804. The predicted octanol–water partition coefficient (Wildman–Crippen LogP) is 0.436. The first-order chi connectivity index (χ1) is 9.15. The van der Waals surface area contributed by atoms with Gasteiger partial charge in [0.25, 0.3) is 0 Å². The van der Waals surface area contributed by atoms with Crippen molar-refractivity contribution in [3.8, 4) is 0 Å². The summed E-state index contributed by atoms with van der Waals surface area (Å²) in [6.45, 7) is 14.1. The zero-order valence-corrected chi connectivity index (χ0v) is 12.6. The van der Waals surface area contributed by atoms with Crippen LogP contribution in [0.5, 0.6) is 0 Å². The molecule has 0 aliphatic carbocycles. The molecule has 4 rings (SSSR count). The molecule has 1 atom stereocenters. The molecule has 0 aromatic carbocycles. The second kappa shape index (κ2) is 5.32. The Bertz CT molecular complexity index is 303. The SMILES string of the molecule is CC(C)N1CCN(C2(CN)CN3CCC2CC3)CC1. The van der Waals surface area contributed by atoms with E-state index in [0.717, 1.165) is 12.5 Å². The monoisotopic (exact) mass is 266 g/mol. The fourth-order valence-corrected chi connectivity index (χ4v) is 4.55. The van der Waals surface area contributed by atoms with Crippen LogP contribution in [-0.4, -0.2) is 78.6 Å². The van der Waals surface area contributed by atoms with Crippen LogP contribution in [0.4, 0.5) is 0 Å². The Morgan fingerprint density at radius 3 is 2.11 bits per heavy atom. The van der Waals surface area contributed by atoms with E-state index in [-0.39, 0.29) is 0 Å². The molecule has 110 valence electrons. The van der Waals surface area contributed by atoms with Crippen molar-refractivity contribution in [3.05, 3.63) is 0 Å². The van der Waals surface area contributed by atoms with E-state index in [2.05, 4.69) is 28.5 Å². The number of nitrogens with zero attached hydrogens (tertiary/aromatic N) is 3. The van der Waals surface area contributed by atoms with Crippen LogP contribution >= 0.6 is 0 Å². The summed E-state index contributed by atoms with van der Waals surface area (Å²) in [6, 6.07) is 0.683. The fourth-order valence-electron chi connectivity index (χ4n) is 4.55. The Morgan fingerprint density at radius 2 is 1.68 bits per heavy atom. The molecular weight excluding hydrogens is 236 g/mol. The number of hydrogen-bond donors (Lipinski definition) is 1. The highest BCUT2D eigenvalue weighted by molar-refractivity contribution is 5.07. The number of rotatable bonds is 3. The number of fused-ring (bicyclic) bond motifs is 3. The van der Waals surface area contributed by atoms with E-state index < -0.39 is 0 Å². The molecule has 0 amide bonds. The predicted molar refractivity (Wildman–Crippen MR) is 79.2 cm³/mol. The summed E-state index contributed by atoms with van der Waals surface area (Å²) in [4.78, 5) is 7.98. The van der Waals surface area contributed by atoms with Crippen LogP contribution in [0.2, 0.25) is 0 Å². The van der Waals surface area contributed by atoms with Crippen molar-refractivity contribution < 1.29 is 0 Å². The van der Waals surface area contributed by atoms with Crippen molar-refractivity contribution in [1.82, 2.24) is 14.7 Å². The Hall–Kier alpha value is -0.160. The minimum Gasteiger partial charge on any atom is -0.329 e. The molecule has 4 fully saturated rings. The van der Waals surface area contributed by atoms with Crippen molar-refractivity contribution in [3.63, 3.8) is 0 Å². The largest absolute Gasteiger partial charge is 0.329 e. The highest BCUT2D eigenvalue weighted by atomic mass is 15.3. The minimum absolute atomic E-state index is 0.291. The molecule has 1 unspecified atom stereocenters. The molecule has 2 bridgehead atoms. The standard InChI is InChI=1S/C15H30N4/c1-13(2)18-7-9-19(10-8-18)15(11-16)12-17-5-3-14(15)4-6-17/h13-14H,3-12,16H2,1-2H3. The summed E-state index contributed by atoms with van der Waals surface area (Å²) in [6.07, 6.45) is 2.73. The maximum Gasteiger partial charge on any atom is 0.0488 e. The van der Waals surface area contributed by atoms with Gasteiger partial charge in [0.05, 0.1) is 0 Å². The van der Waals surface area contributed by atoms with E-state index >= 15 is 0 Å². The Balaban J connectivity index is 1.70. The normalized spacial score (nSPS) is 41.1. The van der Waals surface area contributed by atoms with Crippen molar-refractivity contribution in [1.29, 1.82) is 0 Å². The molecule has 4 heteroatoms. The van der Waals surface area contributed by atoms with Crippen molar-refractivity contribution in [2.24, 2.45) is 11.7 Å². The lowest BCUT2D eigenvalue weighted by atomic mass is 9.71. The smallest absolute Gasteiger partial charge is 0.0488 e. The van der Waals surface area contributed by atoms with E-state index in [1.165, 1.54) is 58.7 Å². The molecule has 4 heterocycles. The van der Waals surface area contributed by atoms with Gasteiger partial charge in [0.1, 0.15) is 0 Å². The first kappa shape index (κ1) is 13.8. The molecule has 4 aliphatic rings. The van der Waals surface area contributed by atoms with Crippen LogP contribution in [0, 0.1) is 5.92 Å². The maximum atomic E-state index is 6.27. The average Bonchev–Trinajstić information content (AvgIpc) is 2.48. The third kappa shape index (κ3) is 2.33. The fraction of sp³-hybridized carbons (Fsp3) is 1.00. The Morgan fingerprint density at radius 1 is 1.05 bits per heavy atom. The maximum absolute atomic E-state index is 6.27. The van der Waals surface area contributed by atoms with Gasteiger partial charge in [0.2, 0.25) is 0 Å². The topological polar surface area (TPSA) is 35.7 Å². The minimum atomic E-state index is 0.291. The van der Waals surface area contributed by atoms with E-state index in [1.807, 2.05) is 0 Å².